The van der Waals surface area contributed by atoms with Crippen molar-refractivity contribution >= 4 is 11.8 Å². The van der Waals surface area contributed by atoms with Crippen molar-refractivity contribution in [2.24, 2.45) is 0 Å². The Labute approximate surface area is 203 Å². The summed E-state index contributed by atoms with van der Waals surface area (Å²) in [5.74, 6) is 0. The van der Waals surface area contributed by atoms with Crippen LogP contribution in [0.4, 0.5) is 10.5 Å². The van der Waals surface area contributed by atoms with Crippen molar-refractivity contribution in [2.75, 3.05) is 32.0 Å². The van der Waals surface area contributed by atoms with Crippen molar-refractivity contribution in [1.82, 2.24) is 9.80 Å². The number of para-hydroxylation sites is 1. The van der Waals surface area contributed by atoms with E-state index in [-0.39, 0.29) is 12.2 Å². The van der Waals surface area contributed by atoms with Crippen molar-refractivity contribution in [3.8, 4) is 11.1 Å². The zero-order valence-electron chi connectivity index (χ0n) is 20.2. The second kappa shape index (κ2) is 11.8. The number of hydrogen-bond acceptors (Lipinski definition) is 4. The molecule has 0 saturated carbocycles. The molecule has 1 fully saturated rings. The van der Waals surface area contributed by atoms with Gasteiger partial charge in [-0.1, -0.05) is 79.7 Å². The highest BCUT2D eigenvalue weighted by molar-refractivity contribution is 5.91. The Morgan fingerprint density at radius 2 is 1.59 bits per heavy atom. The minimum Gasteiger partial charge on any atom is -0.446 e. The number of anilines is 1. The summed E-state index contributed by atoms with van der Waals surface area (Å²) in [7, 11) is 2.14. The predicted octanol–water partition coefficient (Wildman–Crippen LogP) is 6.02. The minimum absolute atomic E-state index is 0.0490. The van der Waals surface area contributed by atoms with Gasteiger partial charge in [0.25, 0.3) is 0 Å². The van der Waals surface area contributed by atoms with Crippen LogP contribution < -0.4 is 5.32 Å². The van der Waals surface area contributed by atoms with Gasteiger partial charge in [0.05, 0.1) is 5.69 Å². The lowest BCUT2D eigenvalue weighted by molar-refractivity contribution is 0.0567. The predicted molar refractivity (Wildman–Crippen MR) is 139 cm³/mol. The number of likely N-dealkylation sites (tertiary alicyclic amines) is 1. The summed E-state index contributed by atoms with van der Waals surface area (Å²) in [6, 6.07) is 26.8. The molecule has 1 aliphatic heterocycles. The van der Waals surface area contributed by atoms with Gasteiger partial charge in [0.1, 0.15) is 6.10 Å². The molecule has 34 heavy (non-hydrogen) atoms. The van der Waals surface area contributed by atoms with Crippen molar-refractivity contribution < 1.29 is 9.53 Å². The van der Waals surface area contributed by atoms with Crippen LogP contribution in [0.2, 0.25) is 0 Å². The molecule has 5 heteroatoms. The first kappa shape index (κ1) is 24.0. The molecule has 1 amide bonds. The monoisotopic (exact) mass is 457 g/mol. The summed E-state index contributed by atoms with van der Waals surface area (Å²) in [4.78, 5) is 17.4. The third kappa shape index (κ3) is 6.69. The number of ether oxygens (including phenoxy) is 1. The summed E-state index contributed by atoms with van der Waals surface area (Å²) >= 11 is 0. The number of rotatable bonds is 8. The van der Waals surface area contributed by atoms with Crippen molar-refractivity contribution in [3.05, 3.63) is 90.0 Å². The van der Waals surface area contributed by atoms with Gasteiger partial charge in [0.15, 0.2) is 0 Å². The molecule has 1 saturated heterocycles. The van der Waals surface area contributed by atoms with E-state index >= 15 is 0 Å². The number of carbonyl (C=O) groups excluding carboxylic acids is 1. The van der Waals surface area contributed by atoms with Gasteiger partial charge < -0.3 is 9.64 Å². The lowest BCUT2D eigenvalue weighted by Gasteiger charge is -2.31. The first-order chi connectivity index (χ1) is 16.6. The lowest BCUT2D eigenvalue weighted by Crippen LogP contribution is -2.38. The Morgan fingerprint density at radius 1 is 0.941 bits per heavy atom. The smallest absolute Gasteiger partial charge is 0.411 e. The standard InChI is InChI=1S/C29H35N3O2/c1-3-31(2)21-23-13-15-24(16-14-23)22-32-19-17-26(18-20-32)34-29(33)30-28-12-8-7-11-27(28)25-9-5-4-6-10-25/h4-16,26H,3,17-22H2,1-2H3,(H,30,33). The fourth-order valence-corrected chi connectivity index (χ4v) is 4.37. The highest BCUT2D eigenvalue weighted by Gasteiger charge is 2.23. The van der Waals surface area contributed by atoms with Crippen LogP contribution in [0.5, 0.6) is 0 Å². The van der Waals surface area contributed by atoms with Crippen molar-refractivity contribution in [1.29, 1.82) is 0 Å². The van der Waals surface area contributed by atoms with Gasteiger partial charge in [0, 0.05) is 31.7 Å². The van der Waals surface area contributed by atoms with E-state index in [1.165, 1.54) is 11.1 Å². The Kier molecular flexibility index (Phi) is 8.34. The Hall–Kier alpha value is -3.15. The second-order valence-corrected chi connectivity index (χ2v) is 9.06. The lowest BCUT2D eigenvalue weighted by atomic mass is 10.0. The molecule has 0 bridgehead atoms. The van der Waals surface area contributed by atoms with Gasteiger partial charge in [-0.05, 0) is 49.2 Å². The number of benzene rings is 3. The van der Waals surface area contributed by atoms with E-state index in [0.29, 0.717) is 0 Å². The summed E-state index contributed by atoms with van der Waals surface area (Å²) in [6.45, 7) is 7.01. The molecule has 1 heterocycles. The van der Waals surface area contributed by atoms with Gasteiger partial charge in [0.2, 0.25) is 0 Å². The molecule has 0 spiro atoms. The third-order valence-electron chi connectivity index (χ3n) is 6.48. The SMILES string of the molecule is CCN(C)Cc1ccc(CN2CCC(OC(=O)Nc3ccccc3-c3ccccc3)CC2)cc1. The fourth-order valence-electron chi connectivity index (χ4n) is 4.37. The second-order valence-electron chi connectivity index (χ2n) is 9.06. The number of piperidine rings is 1. The zero-order valence-corrected chi connectivity index (χ0v) is 20.2. The molecular weight excluding hydrogens is 422 g/mol. The molecule has 3 aromatic rings. The largest absolute Gasteiger partial charge is 0.446 e. The van der Waals surface area contributed by atoms with E-state index < -0.39 is 0 Å². The summed E-state index contributed by atoms with van der Waals surface area (Å²) in [5.41, 5.74) is 5.50. The first-order valence-corrected chi connectivity index (χ1v) is 12.2. The van der Waals surface area contributed by atoms with Gasteiger partial charge >= 0.3 is 6.09 Å². The molecule has 5 nitrogen and oxygen atoms in total. The van der Waals surface area contributed by atoms with E-state index in [4.69, 9.17) is 4.74 Å². The van der Waals surface area contributed by atoms with Crippen molar-refractivity contribution in [2.45, 2.75) is 39.0 Å². The summed E-state index contributed by atoms with van der Waals surface area (Å²) in [6.07, 6.45) is 1.28. The fraction of sp³-hybridized carbons (Fsp3) is 0.345. The van der Waals surface area contributed by atoms with Crippen LogP contribution in [-0.2, 0) is 17.8 Å². The number of nitrogens with zero attached hydrogens (tertiary/aromatic N) is 2. The number of nitrogens with one attached hydrogen (secondary N) is 1. The van der Waals surface area contributed by atoms with Gasteiger partial charge in [-0.15, -0.1) is 0 Å². The van der Waals surface area contributed by atoms with E-state index in [2.05, 4.69) is 53.4 Å². The molecule has 4 rings (SSSR count). The van der Waals surface area contributed by atoms with Crippen LogP contribution in [0, 0.1) is 0 Å². The zero-order chi connectivity index (χ0) is 23.8. The van der Waals surface area contributed by atoms with E-state index in [1.807, 2.05) is 54.6 Å². The van der Waals surface area contributed by atoms with Crippen molar-refractivity contribution in [3.63, 3.8) is 0 Å². The first-order valence-electron chi connectivity index (χ1n) is 12.2. The van der Waals surface area contributed by atoms with Crippen LogP contribution in [0.15, 0.2) is 78.9 Å². The van der Waals surface area contributed by atoms with E-state index in [0.717, 1.165) is 62.4 Å². The molecule has 0 radical (unpaired) electrons. The van der Waals surface area contributed by atoms with Crippen LogP contribution >= 0.6 is 0 Å². The maximum Gasteiger partial charge on any atom is 0.411 e. The highest BCUT2D eigenvalue weighted by atomic mass is 16.6. The van der Waals surface area contributed by atoms with E-state index in [1.54, 1.807) is 0 Å². The number of carbonyl (C=O) groups is 1. The average Bonchev–Trinajstić information content (AvgIpc) is 2.87. The highest BCUT2D eigenvalue weighted by Crippen LogP contribution is 2.28. The van der Waals surface area contributed by atoms with Crippen LogP contribution in [0.3, 0.4) is 0 Å². The normalized spacial score (nSPS) is 14.8. The van der Waals surface area contributed by atoms with Crippen LogP contribution in [-0.4, -0.2) is 48.7 Å². The molecule has 0 atom stereocenters. The molecule has 0 unspecified atom stereocenters. The molecule has 0 aromatic heterocycles. The van der Waals surface area contributed by atoms with Crippen LogP contribution in [0.25, 0.3) is 11.1 Å². The maximum absolute atomic E-state index is 12.6. The number of hydrogen-bond donors (Lipinski definition) is 1. The average molecular weight is 458 g/mol. The Bertz CT molecular complexity index is 1040. The van der Waals surface area contributed by atoms with Gasteiger partial charge in [-0.25, -0.2) is 4.79 Å². The van der Waals surface area contributed by atoms with Gasteiger partial charge in [-0.2, -0.15) is 0 Å². The Morgan fingerprint density at radius 3 is 2.29 bits per heavy atom. The quantitative estimate of drug-likeness (QED) is 0.449. The molecule has 1 aliphatic rings. The molecule has 0 aliphatic carbocycles. The minimum atomic E-state index is -0.380. The van der Waals surface area contributed by atoms with Crippen LogP contribution in [0.1, 0.15) is 30.9 Å². The molecular formula is C29H35N3O2. The Balaban J connectivity index is 1.24. The van der Waals surface area contributed by atoms with E-state index in [9.17, 15) is 4.79 Å². The third-order valence-corrected chi connectivity index (χ3v) is 6.48. The number of amides is 1. The van der Waals surface area contributed by atoms with Gasteiger partial charge in [-0.3, -0.25) is 10.2 Å². The molecule has 178 valence electrons. The summed E-state index contributed by atoms with van der Waals surface area (Å²) in [5, 5.41) is 2.95. The maximum atomic E-state index is 12.6. The molecule has 3 aromatic carbocycles. The molecule has 1 N–H and O–H groups in total. The summed E-state index contributed by atoms with van der Waals surface area (Å²) < 4.78 is 5.77. The topological polar surface area (TPSA) is 44.8 Å².